The summed E-state index contributed by atoms with van der Waals surface area (Å²) in [5.74, 6) is -0.113. The number of benzene rings is 1. The molecule has 0 bridgehead atoms. The number of carbonyl (C=O) groups excluding carboxylic acids is 3. The standard InChI is InChI=1S/C27H31N5O4/c1-18-9-11-20(12-10-18)26(27(35)29-21-6-3-4-7-21)32(22-8-5-15-28-17-22)25(34)14-13-24(33)30-23-16-19(2)36-31-23/h5,8-12,15-17,21,26H,3-4,6-7,13-14H2,1-2H3,(H,29,35)(H,30,31,33)/t26-/m0/s1. The first-order valence-corrected chi connectivity index (χ1v) is 12.2. The maximum absolute atomic E-state index is 13.7. The van der Waals surface area contributed by atoms with Gasteiger partial charge < -0.3 is 15.2 Å². The number of aryl methyl sites for hydroxylation is 2. The zero-order valence-corrected chi connectivity index (χ0v) is 20.6. The van der Waals surface area contributed by atoms with E-state index in [9.17, 15) is 14.4 Å². The van der Waals surface area contributed by atoms with Gasteiger partial charge in [0.2, 0.25) is 17.7 Å². The Balaban J connectivity index is 1.59. The Labute approximate surface area is 210 Å². The topological polar surface area (TPSA) is 117 Å². The maximum atomic E-state index is 13.7. The Morgan fingerprint density at radius 2 is 1.83 bits per heavy atom. The Bertz CT molecular complexity index is 1190. The van der Waals surface area contributed by atoms with Crippen LogP contribution in [0, 0.1) is 13.8 Å². The number of aromatic nitrogens is 2. The minimum absolute atomic E-state index is 0.0770. The molecule has 9 nitrogen and oxygen atoms in total. The number of amides is 3. The molecule has 4 rings (SSSR count). The van der Waals surface area contributed by atoms with E-state index in [4.69, 9.17) is 4.52 Å². The average molecular weight is 490 g/mol. The summed E-state index contributed by atoms with van der Waals surface area (Å²) in [7, 11) is 0. The molecular weight excluding hydrogens is 458 g/mol. The summed E-state index contributed by atoms with van der Waals surface area (Å²) in [4.78, 5) is 45.4. The van der Waals surface area contributed by atoms with E-state index < -0.39 is 6.04 Å². The first-order valence-electron chi connectivity index (χ1n) is 12.2. The van der Waals surface area contributed by atoms with E-state index in [2.05, 4.69) is 20.8 Å². The van der Waals surface area contributed by atoms with Gasteiger partial charge in [0.1, 0.15) is 11.8 Å². The summed E-state index contributed by atoms with van der Waals surface area (Å²) in [6, 6.07) is 11.8. The van der Waals surface area contributed by atoms with Crippen LogP contribution in [0.15, 0.2) is 59.4 Å². The summed E-state index contributed by atoms with van der Waals surface area (Å²) in [6.45, 7) is 3.69. The minimum Gasteiger partial charge on any atom is -0.360 e. The second kappa shape index (κ2) is 11.6. The van der Waals surface area contributed by atoms with Crippen LogP contribution < -0.4 is 15.5 Å². The lowest BCUT2D eigenvalue weighted by Crippen LogP contribution is -2.46. The molecule has 2 aromatic heterocycles. The largest absolute Gasteiger partial charge is 0.360 e. The Morgan fingerprint density at radius 1 is 1.08 bits per heavy atom. The molecule has 0 spiro atoms. The molecule has 9 heteroatoms. The molecule has 3 aromatic rings. The molecule has 1 atom stereocenters. The highest BCUT2D eigenvalue weighted by Crippen LogP contribution is 2.30. The number of nitrogens with one attached hydrogen (secondary N) is 2. The lowest BCUT2D eigenvalue weighted by atomic mass is 10.0. The second-order valence-corrected chi connectivity index (χ2v) is 9.15. The van der Waals surface area contributed by atoms with E-state index in [0.29, 0.717) is 22.8 Å². The van der Waals surface area contributed by atoms with Gasteiger partial charge >= 0.3 is 0 Å². The fraction of sp³-hybridized carbons (Fsp3) is 0.370. The molecule has 1 aromatic carbocycles. The third kappa shape index (κ3) is 6.35. The quantitative estimate of drug-likeness (QED) is 0.464. The van der Waals surface area contributed by atoms with E-state index in [1.54, 1.807) is 37.5 Å². The number of nitrogens with zero attached hydrogens (tertiary/aromatic N) is 3. The van der Waals surface area contributed by atoms with Crippen LogP contribution in [0.4, 0.5) is 11.5 Å². The zero-order chi connectivity index (χ0) is 25.5. The normalized spacial score (nSPS) is 14.3. The summed E-state index contributed by atoms with van der Waals surface area (Å²) in [5.41, 5.74) is 2.23. The van der Waals surface area contributed by atoms with Crippen LogP contribution >= 0.6 is 0 Å². The summed E-state index contributed by atoms with van der Waals surface area (Å²) < 4.78 is 4.97. The number of pyridine rings is 1. The molecule has 2 heterocycles. The molecule has 3 amide bonds. The fourth-order valence-corrected chi connectivity index (χ4v) is 4.42. The third-order valence-corrected chi connectivity index (χ3v) is 6.26. The summed E-state index contributed by atoms with van der Waals surface area (Å²) in [6.07, 6.45) is 6.99. The van der Waals surface area contributed by atoms with Gasteiger partial charge in [-0.05, 0) is 44.4 Å². The average Bonchev–Trinajstić information content (AvgIpc) is 3.53. The lowest BCUT2D eigenvalue weighted by Gasteiger charge is -2.32. The van der Waals surface area contributed by atoms with Gasteiger partial charge in [0.05, 0.1) is 11.9 Å². The zero-order valence-electron chi connectivity index (χ0n) is 20.6. The van der Waals surface area contributed by atoms with Crippen LogP contribution in [0.1, 0.15) is 61.5 Å². The van der Waals surface area contributed by atoms with E-state index in [-0.39, 0.29) is 36.6 Å². The summed E-state index contributed by atoms with van der Waals surface area (Å²) >= 11 is 0. The van der Waals surface area contributed by atoms with E-state index >= 15 is 0 Å². The highest BCUT2D eigenvalue weighted by atomic mass is 16.5. The van der Waals surface area contributed by atoms with Crippen LogP contribution in [-0.2, 0) is 14.4 Å². The van der Waals surface area contributed by atoms with Gasteiger partial charge in [0.25, 0.3) is 0 Å². The molecule has 1 saturated carbocycles. The first kappa shape index (κ1) is 25.1. The number of rotatable bonds is 9. The van der Waals surface area contributed by atoms with Crippen LogP contribution in [0.3, 0.4) is 0 Å². The van der Waals surface area contributed by atoms with E-state index in [1.807, 2.05) is 31.2 Å². The van der Waals surface area contributed by atoms with Crippen LogP contribution in [0.2, 0.25) is 0 Å². The Hall–Kier alpha value is -4.01. The Morgan fingerprint density at radius 3 is 2.47 bits per heavy atom. The number of hydrogen-bond donors (Lipinski definition) is 2. The molecular formula is C27H31N5O4. The third-order valence-electron chi connectivity index (χ3n) is 6.26. The van der Waals surface area contributed by atoms with Crippen molar-refractivity contribution >= 4 is 29.2 Å². The van der Waals surface area contributed by atoms with Crippen LogP contribution in [0.5, 0.6) is 0 Å². The van der Waals surface area contributed by atoms with Crippen molar-refractivity contribution in [2.45, 2.75) is 64.5 Å². The predicted octanol–water partition coefficient (Wildman–Crippen LogP) is 4.24. The molecule has 0 unspecified atom stereocenters. The molecule has 188 valence electrons. The van der Waals surface area contributed by atoms with Gasteiger partial charge in [-0.25, -0.2) is 0 Å². The molecule has 36 heavy (non-hydrogen) atoms. The van der Waals surface area contributed by atoms with Gasteiger partial charge in [-0.3, -0.25) is 24.3 Å². The monoisotopic (exact) mass is 489 g/mol. The number of carbonyl (C=O) groups is 3. The molecule has 1 aliphatic carbocycles. The predicted molar refractivity (Wildman–Crippen MR) is 135 cm³/mol. The van der Waals surface area contributed by atoms with Gasteiger partial charge in [-0.2, -0.15) is 0 Å². The highest BCUT2D eigenvalue weighted by Gasteiger charge is 2.34. The van der Waals surface area contributed by atoms with Gasteiger partial charge in [-0.15, -0.1) is 0 Å². The molecule has 0 saturated heterocycles. The first-order chi connectivity index (χ1) is 17.4. The fourth-order valence-electron chi connectivity index (χ4n) is 4.42. The van der Waals surface area contributed by atoms with Crippen molar-refractivity contribution in [2.75, 3.05) is 10.2 Å². The maximum Gasteiger partial charge on any atom is 0.248 e. The number of anilines is 2. The van der Waals surface area contributed by atoms with E-state index in [1.165, 1.54) is 4.90 Å². The van der Waals surface area contributed by atoms with Crippen molar-refractivity contribution in [1.82, 2.24) is 15.5 Å². The SMILES string of the molecule is Cc1ccc([C@@H](C(=O)NC2CCCC2)N(C(=O)CCC(=O)Nc2cc(C)on2)c2cccnc2)cc1. The summed E-state index contributed by atoms with van der Waals surface area (Å²) in [5, 5.41) is 9.52. The Kier molecular flexibility index (Phi) is 8.10. The van der Waals surface area contributed by atoms with Gasteiger partial charge in [0, 0.05) is 31.1 Å². The van der Waals surface area contributed by atoms with Crippen LogP contribution in [0.25, 0.3) is 0 Å². The lowest BCUT2D eigenvalue weighted by molar-refractivity contribution is -0.127. The second-order valence-electron chi connectivity index (χ2n) is 9.15. The van der Waals surface area contributed by atoms with Gasteiger partial charge in [0.15, 0.2) is 5.82 Å². The van der Waals surface area contributed by atoms with Crippen molar-refractivity contribution in [3.63, 3.8) is 0 Å². The molecule has 1 fully saturated rings. The van der Waals surface area contributed by atoms with Crippen molar-refractivity contribution in [2.24, 2.45) is 0 Å². The molecule has 0 radical (unpaired) electrons. The number of hydrogen-bond acceptors (Lipinski definition) is 6. The van der Waals surface area contributed by atoms with Gasteiger partial charge in [-0.1, -0.05) is 47.8 Å². The van der Waals surface area contributed by atoms with Crippen molar-refractivity contribution in [1.29, 1.82) is 0 Å². The smallest absolute Gasteiger partial charge is 0.248 e. The molecule has 0 aliphatic heterocycles. The van der Waals surface area contributed by atoms with Crippen LogP contribution in [-0.4, -0.2) is 33.9 Å². The highest BCUT2D eigenvalue weighted by molar-refractivity contribution is 6.03. The molecule has 1 aliphatic rings. The van der Waals surface area contributed by atoms with Crippen molar-refractivity contribution < 1.29 is 18.9 Å². The van der Waals surface area contributed by atoms with Crippen molar-refractivity contribution in [3.05, 3.63) is 71.7 Å². The van der Waals surface area contributed by atoms with Crippen molar-refractivity contribution in [3.8, 4) is 0 Å². The molecule has 2 N–H and O–H groups in total. The van der Waals surface area contributed by atoms with E-state index in [0.717, 1.165) is 31.2 Å². The minimum atomic E-state index is -0.899.